The predicted molar refractivity (Wildman–Crippen MR) is 155 cm³/mol. The van der Waals surface area contributed by atoms with E-state index >= 15 is 17.6 Å². The van der Waals surface area contributed by atoms with E-state index in [9.17, 15) is 62.3 Å². The van der Waals surface area contributed by atoms with Crippen LogP contribution in [0.3, 0.4) is 0 Å². The van der Waals surface area contributed by atoms with Gasteiger partial charge in [0, 0.05) is 52.1 Å². The summed E-state index contributed by atoms with van der Waals surface area (Å²) in [5, 5.41) is 0. The van der Waals surface area contributed by atoms with Gasteiger partial charge in [-0.25, -0.2) is 0 Å². The summed E-state index contributed by atoms with van der Waals surface area (Å²) in [5.41, 5.74) is -7.31. The Hall–Kier alpha value is -5.98. The zero-order valence-corrected chi connectivity index (χ0v) is 27.1. The molecule has 0 aliphatic carbocycles. The van der Waals surface area contributed by atoms with Crippen LogP contribution in [-0.2, 0) is 9.59 Å². The first-order valence-corrected chi connectivity index (χ1v) is 15.2. The van der Waals surface area contributed by atoms with Crippen molar-refractivity contribution in [2.24, 2.45) is 0 Å². The normalized spacial score (nSPS) is 15.2. The molecule has 4 aromatic rings. The van der Waals surface area contributed by atoms with Crippen LogP contribution in [0.5, 0.6) is 0 Å². The lowest BCUT2D eigenvalue weighted by molar-refractivity contribution is -0.119. The van der Waals surface area contributed by atoms with Gasteiger partial charge in [-0.2, -0.15) is 90.2 Å². The summed E-state index contributed by atoms with van der Waals surface area (Å²) in [6.45, 7) is -8.16. The van der Waals surface area contributed by atoms with Gasteiger partial charge >= 0.3 is 0 Å². The van der Waals surface area contributed by atoms with Crippen LogP contribution in [0, 0.1) is 94.1 Å². The van der Waals surface area contributed by atoms with E-state index in [0.717, 1.165) is 0 Å². The van der Waals surface area contributed by atoms with Crippen molar-refractivity contribution in [1.82, 2.24) is 19.9 Å². The topological polar surface area (TPSA) is 98.7 Å². The molecule has 0 spiro atoms. The Morgan fingerprint density at radius 2 is 0.518 bits per heavy atom. The number of carbonyl (C=O) groups is 2. The number of hydrogen-bond donors (Lipinski definition) is 0. The van der Waals surface area contributed by atoms with E-state index in [-0.39, 0.29) is 19.6 Å². The quantitative estimate of drug-likeness (QED) is 0.192. The molecule has 0 radical (unpaired) electrons. The van der Waals surface area contributed by atoms with E-state index in [2.05, 4.69) is 19.9 Å². The lowest BCUT2D eigenvalue weighted by Crippen LogP contribution is -2.46. The number of carbonyl (C=O) groups excluding carboxylic acids is 2. The summed E-state index contributed by atoms with van der Waals surface area (Å²) in [4.78, 5) is 36.3. The summed E-state index contributed by atoms with van der Waals surface area (Å²) in [6.07, 6.45) is -2.80. The van der Waals surface area contributed by atoms with Crippen molar-refractivity contribution in [3.63, 3.8) is 0 Å². The highest BCUT2D eigenvalue weighted by Crippen LogP contribution is 2.33. The number of rotatable bonds is 4. The molecule has 56 heavy (non-hydrogen) atoms. The molecule has 10 nitrogen and oxygen atoms in total. The highest BCUT2D eigenvalue weighted by Gasteiger charge is 2.35. The van der Waals surface area contributed by atoms with Gasteiger partial charge < -0.3 is 19.6 Å². The molecule has 26 heteroatoms. The first kappa shape index (κ1) is 41.2. The average Bonchev–Trinajstić information content (AvgIpc) is 3.14. The first-order valence-electron chi connectivity index (χ1n) is 15.2. The maximum absolute atomic E-state index is 15.0. The smallest absolute Gasteiger partial charge is 0.253 e. The largest absolute Gasteiger partial charge is 0.364 e. The molecule has 5 rings (SSSR count). The molecular formula is C30H16F16N8O2. The predicted octanol–water partition coefficient (Wildman–Crippen LogP) is 5.67. The second-order valence-corrected chi connectivity index (χ2v) is 11.2. The van der Waals surface area contributed by atoms with Crippen molar-refractivity contribution >= 4 is 34.6 Å². The molecular weight excluding hydrogens is 808 g/mol. The molecule has 1 fully saturated rings. The maximum Gasteiger partial charge on any atom is 0.253 e. The van der Waals surface area contributed by atoms with E-state index in [1.165, 1.54) is 0 Å². The van der Waals surface area contributed by atoms with Gasteiger partial charge in [0.1, 0.15) is 22.7 Å². The summed E-state index contributed by atoms with van der Waals surface area (Å²) in [7, 11) is 0. The molecule has 0 unspecified atom stereocenters. The van der Waals surface area contributed by atoms with Crippen LogP contribution in [0.4, 0.5) is 93.0 Å². The number of amides is 2. The number of aromatic nitrogens is 4. The third kappa shape index (κ3) is 7.62. The van der Waals surface area contributed by atoms with E-state index in [1.807, 2.05) is 0 Å². The fourth-order valence-corrected chi connectivity index (χ4v) is 5.50. The van der Waals surface area contributed by atoms with Crippen molar-refractivity contribution < 1.29 is 79.8 Å². The van der Waals surface area contributed by atoms with Crippen molar-refractivity contribution in [2.75, 3.05) is 58.9 Å². The standard InChI is InChI=1S/C30H16F16N8O2/c31-11-19(12(32)24(40)47-23(11)39)51-3-1-9(55)53(21-15(35)27(43)49-28(44)16(21)36)7-6-52(20-13(33)25(41)48-26(42)14(20)34)4-2-10(56)54(8-5-51)22-17(37)29(45)50-30(46)18(22)38/h1-8H2. The first-order chi connectivity index (χ1) is 26.3. The lowest BCUT2D eigenvalue weighted by Gasteiger charge is -2.34. The zero-order chi connectivity index (χ0) is 41.5. The Labute approximate surface area is 300 Å². The molecule has 0 N–H and O–H groups in total. The molecule has 4 aromatic heterocycles. The van der Waals surface area contributed by atoms with Crippen molar-refractivity contribution in [1.29, 1.82) is 0 Å². The van der Waals surface area contributed by atoms with E-state index < -0.39 is 181 Å². The van der Waals surface area contributed by atoms with Crippen LogP contribution < -0.4 is 19.6 Å². The van der Waals surface area contributed by atoms with Gasteiger partial charge in [-0.15, -0.1) is 0 Å². The Morgan fingerprint density at radius 3 is 0.750 bits per heavy atom. The van der Waals surface area contributed by atoms with Crippen LogP contribution in [0.2, 0.25) is 0 Å². The average molecular weight is 824 g/mol. The molecule has 0 aromatic carbocycles. The highest BCUT2D eigenvalue weighted by molar-refractivity contribution is 5.95. The van der Waals surface area contributed by atoms with Crippen molar-refractivity contribution in [3.8, 4) is 0 Å². The summed E-state index contributed by atoms with van der Waals surface area (Å²) < 4.78 is 234. The van der Waals surface area contributed by atoms with Crippen LogP contribution in [0.15, 0.2) is 0 Å². The molecule has 0 atom stereocenters. The monoisotopic (exact) mass is 824 g/mol. The summed E-state index contributed by atoms with van der Waals surface area (Å²) in [5.74, 6) is -41.1. The molecule has 5 heterocycles. The van der Waals surface area contributed by atoms with Gasteiger partial charge in [0.25, 0.3) is 47.6 Å². The SMILES string of the molecule is O=C1CCN(c2c(F)c(F)nc(F)c2F)CCN(c2c(F)c(F)nc(F)c2F)C(=O)CCN(c2c(F)c(F)nc(F)c2F)CCN1c1c(F)c(F)nc(F)c1F. The molecule has 0 bridgehead atoms. The molecule has 1 aliphatic heterocycles. The fraction of sp³-hybridized carbons (Fsp3) is 0.267. The molecule has 1 saturated heterocycles. The Morgan fingerprint density at radius 1 is 0.304 bits per heavy atom. The molecule has 1 aliphatic rings. The van der Waals surface area contributed by atoms with Crippen LogP contribution in [0.1, 0.15) is 12.8 Å². The minimum Gasteiger partial charge on any atom is -0.364 e. The van der Waals surface area contributed by atoms with Gasteiger partial charge in [-0.05, 0) is 0 Å². The second-order valence-electron chi connectivity index (χ2n) is 11.2. The van der Waals surface area contributed by atoms with Gasteiger partial charge in [-0.3, -0.25) is 9.59 Å². The number of halogens is 16. The minimum atomic E-state index is -2.39. The lowest BCUT2D eigenvalue weighted by atomic mass is 10.2. The maximum atomic E-state index is 15.0. The third-order valence-corrected chi connectivity index (χ3v) is 8.05. The molecule has 300 valence electrons. The zero-order valence-electron chi connectivity index (χ0n) is 27.1. The van der Waals surface area contributed by atoms with Gasteiger partial charge in [0.15, 0.2) is 0 Å². The summed E-state index contributed by atoms with van der Waals surface area (Å²) >= 11 is 0. The van der Waals surface area contributed by atoms with E-state index in [0.29, 0.717) is 0 Å². The van der Waals surface area contributed by atoms with Gasteiger partial charge in [-0.1, -0.05) is 0 Å². The fourth-order valence-electron chi connectivity index (χ4n) is 5.50. The summed E-state index contributed by atoms with van der Waals surface area (Å²) in [6, 6.07) is 0. The highest BCUT2D eigenvalue weighted by atomic mass is 19.2. The number of hydrogen-bond acceptors (Lipinski definition) is 8. The number of pyridine rings is 4. The Kier molecular flexibility index (Phi) is 11.8. The Bertz CT molecular complexity index is 1990. The van der Waals surface area contributed by atoms with Gasteiger partial charge in [0.05, 0.1) is 0 Å². The van der Waals surface area contributed by atoms with E-state index in [1.54, 1.807) is 0 Å². The number of nitrogens with zero attached hydrogens (tertiary/aromatic N) is 8. The molecule has 2 amide bonds. The second kappa shape index (κ2) is 16.0. The van der Waals surface area contributed by atoms with Gasteiger partial charge in [0.2, 0.25) is 58.4 Å². The van der Waals surface area contributed by atoms with Crippen molar-refractivity contribution in [2.45, 2.75) is 12.8 Å². The van der Waals surface area contributed by atoms with Crippen molar-refractivity contribution in [3.05, 3.63) is 94.1 Å². The van der Waals surface area contributed by atoms with Crippen LogP contribution in [0.25, 0.3) is 0 Å². The number of anilines is 4. The van der Waals surface area contributed by atoms with E-state index in [4.69, 9.17) is 0 Å². The van der Waals surface area contributed by atoms with Crippen LogP contribution in [-0.4, -0.2) is 71.0 Å². The Balaban J connectivity index is 1.71. The third-order valence-electron chi connectivity index (χ3n) is 8.05. The minimum absolute atomic E-state index is 0.143. The van der Waals surface area contributed by atoms with Crippen LogP contribution >= 0.6 is 0 Å². The molecule has 0 saturated carbocycles.